The van der Waals surface area contributed by atoms with Crippen molar-refractivity contribution in [2.24, 2.45) is 0 Å². The van der Waals surface area contributed by atoms with Crippen molar-refractivity contribution in [1.29, 1.82) is 0 Å². The predicted molar refractivity (Wildman–Crippen MR) is 97.0 cm³/mol. The van der Waals surface area contributed by atoms with Gasteiger partial charge in [-0.15, -0.1) is 6.42 Å². The van der Waals surface area contributed by atoms with Crippen molar-refractivity contribution in [2.45, 2.75) is 58.2 Å². The summed E-state index contributed by atoms with van der Waals surface area (Å²) in [4.78, 5) is 35.6. The van der Waals surface area contributed by atoms with Gasteiger partial charge in [0.2, 0.25) is 0 Å². The average Bonchev–Trinajstić information content (AvgIpc) is 2.58. The summed E-state index contributed by atoms with van der Waals surface area (Å²) in [5.74, 6) is 0.851. The van der Waals surface area contributed by atoms with E-state index in [-0.39, 0.29) is 6.61 Å². The molecule has 0 aliphatic carbocycles. The van der Waals surface area contributed by atoms with Crippen LogP contribution in [-0.4, -0.2) is 75.9 Å². The van der Waals surface area contributed by atoms with Gasteiger partial charge in [0.05, 0.1) is 26.8 Å². The molecule has 1 fully saturated rings. The summed E-state index contributed by atoms with van der Waals surface area (Å²) in [6.45, 7) is 5.54. The van der Waals surface area contributed by atoms with Gasteiger partial charge in [-0.25, -0.2) is 0 Å². The summed E-state index contributed by atoms with van der Waals surface area (Å²) in [6, 6.07) is 0. The van der Waals surface area contributed by atoms with Crippen molar-refractivity contribution in [3.05, 3.63) is 0 Å². The summed E-state index contributed by atoms with van der Waals surface area (Å²) < 4.78 is 27.0. The first kappa shape index (κ1) is 23.9. The number of rotatable bonds is 10. The Bertz CT molecular complexity index is 573. The molecule has 1 aliphatic heterocycles. The number of hydrogen-bond donors (Lipinski definition) is 1. The lowest BCUT2D eigenvalue weighted by molar-refractivity contribution is -0.872. The molecule has 28 heavy (non-hydrogen) atoms. The van der Waals surface area contributed by atoms with Gasteiger partial charge >= 0.3 is 17.9 Å². The highest BCUT2D eigenvalue weighted by Gasteiger charge is 2.47. The van der Waals surface area contributed by atoms with E-state index in [1.807, 2.05) is 7.05 Å². The van der Waals surface area contributed by atoms with Crippen molar-refractivity contribution in [3.8, 4) is 12.3 Å². The SMILES string of the molecule is C#CC[NH+](C)CCCCOC1OCC(OC(C)=O)C(OC(C)=O)C1OC(C)=O. The van der Waals surface area contributed by atoms with Crippen LogP contribution in [0.25, 0.3) is 0 Å². The quantitative estimate of drug-likeness (QED) is 0.218. The predicted octanol–water partition coefficient (Wildman–Crippen LogP) is -0.917. The molecule has 0 bridgehead atoms. The molecule has 0 saturated carbocycles. The van der Waals surface area contributed by atoms with E-state index in [0.717, 1.165) is 19.4 Å². The Morgan fingerprint density at radius 3 is 2.21 bits per heavy atom. The average molecular weight is 400 g/mol. The highest BCUT2D eigenvalue weighted by Crippen LogP contribution is 2.25. The summed E-state index contributed by atoms with van der Waals surface area (Å²) in [7, 11) is 2.01. The highest BCUT2D eigenvalue weighted by molar-refractivity contribution is 5.68. The zero-order valence-corrected chi connectivity index (χ0v) is 16.9. The van der Waals surface area contributed by atoms with Gasteiger partial charge in [0.15, 0.2) is 24.6 Å². The second-order valence-corrected chi connectivity index (χ2v) is 6.66. The fraction of sp³-hybridized carbons (Fsp3) is 0.737. The Balaban J connectivity index is 2.70. The molecule has 5 unspecified atom stereocenters. The minimum atomic E-state index is -1.05. The van der Waals surface area contributed by atoms with Crippen LogP contribution in [0, 0.1) is 12.3 Å². The van der Waals surface area contributed by atoms with E-state index >= 15 is 0 Å². The Morgan fingerprint density at radius 1 is 1.04 bits per heavy atom. The molecule has 1 rings (SSSR count). The molecule has 1 saturated heterocycles. The molecule has 1 heterocycles. The fourth-order valence-corrected chi connectivity index (χ4v) is 2.84. The molecule has 9 nitrogen and oxygen atoms in total. The number of terminal acetylenes is 1. The standard InChI is InChI=1S/C19H29NO8/c1-6-9-20(5)10-7-8-11-24-19-18(28-15(4)23)17(27-14(3)22)16(12-25-19)26-13(2)21/h1,16-19H,7-12H2,2-5H3/p+1. The molecule has 158 valence electrons. The zero-order chi connectivity index (χ0) is 21.1. The summed E-state index contributed by atoms with van der Waals surface area (Å²) >= 11 is 0. The van der Waals surface area contributed by atoms with Crippen LogP contribution < -0.4 is 4.90 Å². The van der Waals surface area contributed by atoms with E-state index in [0.29, 0.717) is 13.2 Å². The lowest BCUT2D eigenvalue weighted by Gasteiger charge is -2.40. The van der Waals surface area contributed by atoms with Crippen LogP contribution in [0.5, 0.6) is 0 Å². The third-order valence-electron chi connectivity index (χ3n) is 3.99. The Hall–Kier alpha value is -2.15. The smallest absolute Gasteiger partial charge is 0.303 e. The molecule has 0 aromatic rings. The van der Waals surface area contributed by atoms with Gasteiger partial charge in [-0.2, -0.15) is 0 Å². The first-order chi connectivity index (χ1) is 13.2. The molecule has 1 aliphatic rings. The first-order valence-electron chi connectivity index (χ1n) is 9.24. The molecular weight excluding hydrogens is 370 g/mol. The Labute approximate surface area is 165 Å². The van der Waals surface area contributed by atoms with Crippen molar-refractivity contribution >= 4 is 17.9 Å². The topological polar surface area (TPSA) is 102 Å². The lowest BCUT2D eigenvalue weighted by atomic mass is 10.0. The minimum Gasteiger partial charge on any atom is -0.456 e. The molecule has 5 atom stereocenters. The summed E-state index contributed by atoms with van der Waals surface area (Å²) in [5.41, 5.74) is 0. The molecule has 0 amide bonds. The summed E-state index contributed by atoms with van der Waals surface area (Å²) in [5, 5.41) is 0. The second-order valence-electron chi connectivity index (χ2n) is 6.66. The van der Waals surface area contributed by atoms with Crippen molar-refractivity contribution in [2.75, 3.05) is 33.4 Å². The first-order valence-corrected chi connectivity index (χ1v) is 9.24. The number of hydrogen-bond acceptors (Lipinski definition) is 8. The fourth-order valence-electron chi connectivity index (χ4n) is 2.84. The molecule has 0 spiro atoms. The van der Waals surface area contributed by atoms with Gasteiger partial charge in [0.25, 0.3) is 0 Å². The van der Waals surface area contributed by atoms with Crippen LogP contribution in [-0.2, 0) is 38.1 Å². The lowest BCUT2D eigenvalue weighted by Crippen LogP contribution is -3.08. The third kappa shape index (κ3) is 8.69. The number of unbranched alkanes of at least 4 members (excludes halogenated alkanes) is 1. The molecule has 1 N–H and O–H groups in total. The number of nitrogens with one attached hydrogen (secondary N) is 1. The van der Waals surface area contributed by atoms with E-state index in [4.69, 9.17) is 30.1 Å². The number of quaternary nitrogens is 1. The number of carbonyl (C=O) groups is 3. The second kappa shape index (κ2) is 12.3. The van der Waals surface area contributed by atoms with Crippen LogP contribution >= 0.6 is 0 Å². The van der Waals surface area contributed by atoms with Crippen molar-refractivity contribution in [1.82, 2.24) is 0 Å². The van der Waals surface area contributed by atoms with Crippen LogP contribution in [0.15, 0.2) is 0 Å². The van der Waals surface area contributed by atoms with E-state index in [9.17, 15) is 14.4 Å². The molecule has 9 heteroatoms. The number of carbonyl (C=O) groups excluding carboxylic acids is 3. The Morgan fingerprint density at radius 2 is 1.64 bits per heavy atom. The molecule has 0 radical (unpaired) electrons. The monoisotopic (exact) mass is 400 g/mol. The molecule has 0 aromatic carbocycles. The van der Waals surface area contributed by atoms with Crippen LogP contribution in [0.1, 0.15) is 33.6 Å². The molecular formula is C19H30NO8+. The maximum atomic E-state index is 11.5. The van der Waals surface area contributed by atoms with E-state index < -0.39 is 42.5 Å². The maximum Gasteiger partial charge on any atom is 0.303 e. The normalized spacial score (nSPS) is 25.2. The van der Waals surface area contributed by atoms with E-state index in [1.54, 1.807) is 0 Å². The van der Waals surface area contributed by atoms with Crippen molar-refractivity contribution < 1.29 is 43.0 Å². The summed E-state index contributed by atoms with van der Waals surface area (Å²) in [6.07, 6.45) is 3.03. The number of ether oxygens (including phenoxy) is 5. The maximum absolute atomic E-state index is 11.5. The van der Waals surface area contributed by atoms with Gasteiger partial charge in [-0.05, 0) is 18.8 Å². The van der Waals surface area contributed by atoms with Gasteiger partial charge in [-0.1, -0.05) is 0 Å². The van der Waals surface area contributed by atoms with Gasteiger partial charge in [-0.3, -0.25) is 14.4 Å². The van der Waals surface area contributed by atoms with Crippen LogP contribution in [0.2, 0.25) is 0 Å². The Kier molecular flexibility index (Phi) is 10.5. The van der Waals surface area contributed by atoms with Crippen LogP contribution in [0.4, 0.5) is 0 Å². The van der Waals surface area contributed by atoms with Gasteiger partial charge in [0, 0.05) is 20.8 Å². The van der Waals surface area contributed by atoms with E-state index in [2.05, 4.69) is 5.92 Å². The van der Waals surface area contributed by atoms with Crippen molar-refractivity contribution in [3.63, 3.8) is 0 Å². The minimum absolute atomic E-state index is 0.0466. The van der Waals surface area contributed by atoms with Gasteiger partial charge in [0.1, 0.15) is 6.54 Å². The molecule has 0 aromatic heterocycles. The van der Waals surface area contributed by atoms with Gasteiger partial charge < -0.3 is 28.6 Å². The van der Waals surface area contributed by atoms with Crippen LogP contribution in [0.3, 0.4) is 0 Å². The third-order valence-corrected chi connectivity index (χ3v) is 3.99. The number of esters is 3. The zero-order valence-electron chi connectivity index (χ0n) is 16.9. The van der Waals surface area contributed by atoms with E-state index in [1.165, 1.54) is 25.7 Å². The highest BCUT2D eigenvalue weighted by atomic mass is 16.7. The largest absolute Gasteiger partial charge is 0.456 e.